The number of para-hydroxylation sites is 2. The Labute approximate surface area is 101 Å². The fourth-order valence-electron chi connectivity index (χ4n) is 1.28. The van der Waals surface area contributed by atoms with Gasteiger partial charge in [-0.15, -0.1) is 0 Å². The number of esters is 1. The van der Waals surface area contributed by atoms with E-state index in [1.165, 1.54) is 0 Å². The van der Waals surface area contributed by atoms with Crippen molar-refractivity contribution in [2.24, 2.45) is 0 Å². The molecule has 0 spiro atoms. The molecule has 17 heavy (non-hydrogen) atoms. The Morgan fingerprint density at radius 1 is 1.12 bits per heavy atom. The lowest BCUT2D eigenvalue weighted by atomic mass is 10.3. The van der Waals surface area contributed by atoms with Crippen LogP contribution in [0.1, 0.15) is 26.7 Å². The van der Waals surface area contributed by atoms with E-state index in [2.05, 4.69) is 0 Å². The average Bonchev–Trinajstić information content (AvgIpc) is 2.32. The van der Waals surface area contributed by atoms with Crippen molar-refractivity contribution in [2.45, 2.75) is 26.7 Å². The van der Waals surface area contributed by atoms with Crippen LogP contribution in [-0.4, -0.2) is 19.4 Å². The maximum Gasteiger partial charge on any atom is 0.308 e. The van der Waals surface area contributed by atoms with E-state index in [-0.39, 0.29) is 12.8 Å². The molecule has 0 atom stereocenters. The molecule has 0 aliphatic carbocycles. The number of rotatable bonds is 7. The van der Waals surface area contributed by atoms with Crippen LogP contribution in [0.5, 0.6) is 11.5 Å². The Balaban J connectivity index is 2.43. The van der Waals surface area contributed by atoms with Gasteiger partial charge in [0, 0.05) is 6.42 Å². The Kier molecular flexibility index (Phi) is 5.93. The molecule has 0 amide bonds. The molecule has 0 saturated carbocycles. The summed E-state index contributed by atoms with van der Waals surface area (Å²) in [5.41, 5.74) is 0. The molecule has 0 heterocycles. The van der Waals surface area contributed by atoms with Gasteiger partial charge in [-0.2, -0.15) is 0 Å². The maximum absolute atomic E-state index is 11.1. The van der Waals surface area contributed by atoms with E-state index in [4.69, 9.17) is 14.2 Å². The highest BCUT2D eigenvalue weighted by atomic mass is 16.7. The Hall–Kier alpha value is -1.71. The van der Waals surface area contributed by atoms with Crippen molar-refractivity contribution in [1.29, 1.82) is 0 Å². The first-order valence-electron chi connectivity index (χ1n) is 5.78. The molecule has 4 nitrogen and oxygen atoms in total. The standard InChI is InChI=1S/C13H18O4/c1-3-7-13(14)17-10-16-12-9-6-5-8-11(12)15-4-2/h5-6,8-9H,3-4,7,10H2,1-2H3. The largest absolute Gasteiger partial charge is 0.490 e. The molecule has 0 N–H and O–H groups in total. The Morgan fingerprint density at radius 2 is 1.76 bits per heavy atom. The highest BCUT2D eigenvalue weighted by Crippen LogP contribution is 2.26. The van der Waals surface area contributed by atoms with Crippen LogP contribution in [-0.2, 0) is 9.53 Å². The van der Waals surface area contributed by atoms with E-state index in [0.29, 0.717) is 24.5 Å². The second-order valence-corrected chi connectivity index (χ2v) is 3.41. The minimum absolute atomic E-state index is 0.0804. The molecule has 1 aromatic rings. The van der Waals surface area contributed by atoms with Gasteiger partial charge < -0.3 is 14.2 Å². The van der Waals surface area contributed by atoms with Crippen LogP contribution >= 0.6 is 0 Å². The first-order valence-corrected chi connectivity index (χ1v) is 5.78. The van der Waals surface area contributed by atoms with Gasteiger partial charge in [0.2, 0.25) is 6.79 Å². The molecule has 0 saturated heterocycles. The molecule has 0 aliphatic rings. The van der Waals surface area contributed by atoms with Gasteiger partial charge >= 0.3 is 5.97 Å². The molecule has 4 heteroatoms. The lowest BCUT2D eigenvalue weighted by molar-refractivity contribution is -0.150. The lowest BCUT2D eigenvalue weighted by Crippen LogP contribution is -2.10. The van der Waals surface area contributed by atoms with Crippen LogP contribution in [0.4, 0.5) is 0 Å². The fourth-order valence-corrected chi connectivity index (χ4v) is 1.28. The number of ether oxygens (including phenoxy) is 3. The zero-order chi connectivity index (χ0) is 12.5. The summed E-state index contributed by atoms with van der Waals surface area (Å²) in [6, 6.07) is 7.29. The van der Waals surface area contributed by atoms with Crippen LogP contribution < -0.4 is 9.47 Å². The quantitative estimate of drug-likeness (QED) is 0.541. The smallest absolute Gasteiger partial charge is 0.308 e. The highest BCUT2D eigenvalue weighted by molar-refractivity contribution is 5.69. The predicted octanol–water partition coefficient (Wildman–Crippen LogP) is 2.76. The third-order valence-electron chi connectivity index (χ3n) is 2.04. The lowest BCUT2D eigenvalue weighted by Gasteiger charge is -2.11. The van der Waals surface area contributed by atoms with Crippen molar-refractivity contribution in [1.82, 2.24) is 0 Å². The third-order valence-corrected chi connectivity index (χ3v) is 2.04. The summed E-state index contributed by atoms with van der Waals surface area (Å²) in [7, 11) is 0. The Morgan fingerprint density at radius 3 is 2.35 bits per heavy atom. The van der Waals surface area contributed by atoms with Crippen LogP contribution in [0.2, 0.25) is 0 Å². The van der Waals surface area contributed by atoms with Crippen molar-refractivity contribution in [2.75, 3.05) is 13.4 Å². The van der Waals surface area contributed by atoms with Crippen molar-refractivity contribution in [3.63, 3.8) is 0 Å². The number of hydrogen-bond acceptors (Lipinski definition) is 4. The summed E-state index contributed by atoms with van der Waals surface area (Å²) >= 11 is 0. The summed E-state index contributed by atoms with van der Waals surface area (Å²) in [5, 5.41) is 0. The van der Waals surface area contributed by atoms with Crippen molar-refractivity contribution >= 4 is 5.97 Å². The highest BCUT2D eigenvalue weighted by Gasteiger charge is 2.05. The monoisotopic (exact) mass is 238 g/mol. The molecule has 0 unspecified atom stereocenters. The molecule has 0 fully saturated rings. The normalized spacial score (nSPS) is 9.76. The van der Waals surface area contributed by atoms with Gasteiger partial charge in [-0.25, -0.2) is 0 Å². The zero-order valence-electron chi connectivity index (χ0n) is 10.3. The molecule has 0 aromatic heterocycles. The molecule has 1 aromatic carbocycles. The molecule has 0 bridgehead atoms. The van der Waals surface area contributed by atoms with Crippen molar-refractivity contribution in [3.8, 4) is 11.5 Å². The van der Waals surface area contributed by atoms with Crippen LogP contribution in [0, 0.1) is 0 Å². The Bertz CT molecular complexity index is 349. The summed E-state index contributed by atoms with van der Waals surface area (Å²) < 4.78 is 15.6. The van der Waals surface area contributed by atoms with Crippen LogP contribution in [0.25, 0.3) is 0 Å². The molecule has 0 radical (unpaired) electrons. The zero-order valence-corrected chi connectivity index (χ0v) is 10.3. The van der Waals surface area contributed by atoms with E-state index in [1.807, 2.05) is 32.0 Å². The van der Waals surface area contributed by atoms with E-state index in [9.17, 15) is 4.79 Å². The average molecular weight is 238 g/mol. The molecular formula is C13H18O4. The van der Waals surface area contributed by atoms with E-state index >= 15 is 0 Å². The van der Waals surface area contributed by atoms with E-state index in [1.54, 1.807) is 6.07 Å². The second kappa shape index (κ2) is 7.54. The van der Waals surface area contributed by atoms with Gasteiger partial charge in [-0.3, -0.25) is 4.79 Å². The maximum atomic E-state index is 11.1. The third kappa shape index (κ3) is 4.76. The molecule has 0 aliphatic heterocycles. The van der Waals surface area contributed by atoms with Crippen molar-refractivity contribution < 1.29 is 19.0 Å². The minimum Gasteiger partial charge on any atom is -0.490 e. The van der Waals surface area contributed by atoms with Crippen LogP contribution in [0.3, 0.4) is 0 Å². The van der Waals surface area contributed by atoms with Gasteiger partial charge in [0.05, 0.1) is 6.61 Å². The molecule has 1 rings (SSSR count). The number of carbonyl (C=O) groups excluding carboxylic acids is 1. The van der Waals surface area contributed by atoms with Crippen LogP contribution in [0.15, 0.2) is 24.3 Å². The van der Waals surface area contributed by atoms with Gasteiger partial charge in [-0.1, -0.05) is 19.1 Å². The first-order chi connectivity index (χ1) is 8.27. The summed E-state index contributed by atoms with van der Waals surface area (Å²) in [4.78, 5) is 11.1. The number of hydrogen-bond donors (Lipinski definition) is 0. The fraction of sp³-hybridized carbons (Fsp3) is 0.462. The number of carbonyl (C=O) groups is 1. The predicted molar refractivity (Wildman–Crippen MR) is 64.1 cm³/mol. The molecule has 94 valence electrons. The summed E-state index contributed by atoms with van der Waals surface area (Å²) in [6.07, 6.45) is 1.19. The first kappa shape index (κ1) is 13.4. The minimum atomic E-state index is -0.249. The van der Waals surface area contributed by atoms with E-state index < -0.39 is 0 Å². The topological polar surface area (TPSA) is 44.8 Å². The van der Waals surface area contributed by atoms with Gasteiger partial charge in [0.1, 0.15) is 0 Å². The summed E-state index contributed by atoms with van der Waals surface area (Å²) in [5.74, 6) is 0.988. The second-order valence-electron chi connectivity index (χ2n) is 3.41. The molecular weight excluding hydrogens is 220 g/mol. The SMILES string of the molecule is CCCC(=O)OCOc1ccccc1OCC. The van der Waals surface area contributed by atoms with Gasteiger partial charge in [0.15, 0.2) is 11.5 Å². The van der Waals surface area contributed by atoms with Crippen molar-refractivity contribution in [3.05, 3.63) is 24.3 Å². The van der Waals surface area contributed by atoms with E-state index in [0.717, 1.165) is 6.42 Å². The number of benzene rings is 1. The summed E-state index contributed by atoms with van der Waals surface area (Å²) in [6.45, 7) is 4.31. The van der Waals surface area contributed by atoms with Gasteiger partial charge in [-0.05, 0) is 25.5 Å². The van der Waals surface area contributed by atoms with Gasteiger partial charge in [0.25, 0.3) is 0 Å².